The van der Waals surface area contributed by atoms with Crippen molar-refractivity contribution in [1.29, 1.82) is 0 Å². The zero-order valence-electron chi connectivity index (χ0n) is 19.1. The van der Waals surface area contributed by atoms with Gasteiger partial charge in [-0.05, 0) is 61.2 Å². The molecule has 33 heavy (non-hydrogen) atoms. The molecule has 1 aliphatic rings. The first kappa shape index (κ1) is 24.7. The van der Waals surface area contributed by atoms with Crippen LogP contribution >= 0.6 is 0 Å². The number of benzene rings is 2. The predicted molar refractivity (Wildman–Crippen MR) is 130 cm³/mol. The van der Waals surface area contributed by atoms with E-state index in [9.17, 15) is 18.0 Å². The Bertz CT molecular complexity index is 1100. The van der Waals surface area contributed by atoms with Crippen LogP contribution in [-0.2, 0) is 19.6 Å². The van der Waals surface area contributed by atoms with Gasteiger partial charge in [0.15, 0.2) is 0 Å². The minimum Gasteiger partial charge on any atom is -0.346 e. The van der Waals surface area contributed by atoms with Gasteiger partial charge < -0.3 is 10.6 Å². The van der Waals surface area contributed by atoms with Crippen LogP contribution < -0.4 is 10.6 Å². The highest BCUT2D eigenvalue weighted by Crippen LogP contribution is 2.21. The van der Waals surface area contributed by atoms with Gasteiger partial charge in [0, 0.05) is 31.8 Å². The maximum absolute atomic E-state index is 12.9. The quantitative estimate of drug-likeness (QED) is 0.597. The Hall–Kier alpha value is -2.97. The van der Waals surface area contributed by atoms with Crippen molar-refractivity contribution in [2.75, 3.05) is 18.4 Å². The summed E-state index contributed by atoms with van der Waals surface area (Å²) in [4.78, 5) is 23.9. The fourth-order valence-electron chi connectivity index (χ4n) is 3.79. The number of nitrogens with zero attached hydrogens (tertiary/aromatic N) is 1. The van der Waals surface area contributed by atoms with Crippen molar-refractivity contribution < 1.29 is 18.0 Å². The number of amides is 2. The summed E-state index contributed by atoms with van der Waals surface area (Å²) in [6.07, 6.45) is 7.00. The Morgan fingerprint density at radius 3 is 2.30 bits per heavy atom. The van der Waals surface area contributed by atoms with Gasteiger partial charge in [0.25, 0.3) is 0 Å². The van der Waals surface area contributed by atoms with E-state index < -0.39 is 10.0 Å². The van der Waals surface area contributed by atoms with E-state index in [1.165, 1.54) is 13.0 Å². The van der Waals surface area contributed by atoms with E-state index in [1.807, 2.05) is 25.1 Å². The van der Waals surface area contributed by atoms with E-state index >= 15 is 0 Å². The minimum absolute atomic E-state index is 0.156. The summed E-state index contributed by atoms with van der Waals surface area (Å²) in [5, 5.41) is 5.62. The van der Waals surface area contributed by atoms with E-state index in [2.05, 4.69) is 10.6 Å². The second-order valence-electron chi connectivity index (χ2n) is 8.26. The fourth-order valence-corrected chi connectivity index (χ4v) is 5.30. The lowest BCUT2D eigenvalue weighted by atomic mass is 10.1. The lowest BCUT2D eigenvalue weighted by Gasteiger charge is -2.19. The van der Waals surface area contributed by atoms with Crippen LogP contribution in [0.1, 0.15) is 56.7 Å². The molecule has 3 rings (SSSR count). The van der Waals surface area contributed by atoms with Gasteiger partial charge in [-0.2, -0.15) is 4.31 Å². The number of anilines is 1. The van der Waals surface area contributed by atoms with Crippen molar-refractivity contribution in [3.05, 3.63) is 65.7 Å². The van der Waals surface area contributed by atoms with Crippen molar-refractivity contribution in [3.63, 3.8) is 0 Å². The van der Waals surface area contributed by atoms with Gasteiger partial charge in [-0.1, -0.05) is 37.1 Å². The Kier molecular flexibility index (Phi) is 8.41. The minimum atomic E-state index is -3.49. The van der Waals surface area contributed by atoms with Crippen LogP contribution in [0.3, 0.4) is 0 Å². The number of rotatable bonds is 7. The standard InChI is InChI=1S/C25H31N3O4S/c1-19(22-8-7-9-23(18-22)27-20(2)29)26-25(30)15-12-21-10-13-24(14-11-21)33(31,32)28-16-5-3-4-6-17-28/h7-15,18-19H,3-6,16-17H2,1-2H3,(H,26,30)(H,27,29)/b15-12+. The molecule has 1 heterocycles. The van der Waals surface area contributed by atoms with E-state index in [-0.39, 0.29) is 22.8 Å². The van der Waals surface area contributed by atoms with Crippen molar-refractivity contribution in [2.45, 2.75) is 50.5 Å². The lowest BCUT2D eigenvalue weighted by molar-refractivity contribution is -0.117. The molecule has 0 bridgehead atoms. The van der Waals surface area contributed by atoms with Gasteiger partial charge in [0.05, 0.1) is 10.9 Å². The molecular weight excluding hydrogens is 438 g/mol. The van der Waals surface area contributed by atoms with Crippen LogP contribution in [0.15, 0.2) is 59.5 Å². The van der Waals surface area contributed by atoms with Gasteiger partial charge in [-0.3, -0.25) is 9.59 Å². The van der Waals surface area contributed by atoms with Crippen LogP contribution in [0, 0.1) is 0 Å². The second-order valence-corrected chi connectivity index (χ2v) is 10.2. The average molecular weight is 470 g/mol. The Labute approximate surface area is 195 Å². The number of carbonyl (C=O) groups excluding carboxylic acids is 2. The molecule has 0 saturated carbocycles. The van der Waals surface area contributed by atoms with Gasteiger partial charge in [-0.25, -0.2) is 8.42 Å². The Morgan fingerprint density at radius 1 is 1.00 bits per heavy atom. The summed E-state index contributed by atoms with van der Waals surface area (Å²) in [5.41, 5.74) is 2.28. The molecule has 0 aliphatic carbocycles. The van der Waals surface area contributed by atoms with Crippen LogP contribution in [0.25, 0.3) is 6.08 Å². The zero-order valence-corrected chi connectivity index (χ0v) is 19.9. The molecule has 1 fully saturated rings. The zero-order chi connectivity index (χ0) is 23.8. The highest BCUT2D eigenvalue weighted by molar-refractivity contribution is 7.89. The lowest BCUT2D eigenvalue weighted by Crippen LogP contribution is -2.31. The molecule has 2 amide bonds. The Morgan fingerprint density at radius 2 is 1.67 bits per heavy atom. The Balaban J connectivity index is 1.60. The van der Waals surface area contributed by atoms with Gasteiger partial charge in [-0.15, -0.1) is 0 Å². The third-order valence-electron chi connectivity index (χ3n) is 5.58. The molecule has 1 atom stereocenters. The van der Waals surface area contributed by atoms with Crippen LogP contribution in [0.2, 0.25) is 0 Å². The second kappa shape index (κ2) is 11.2. The van der Waals surface area contributed by atoms with Crippen LogP contribution in [0.4, 0.5) is 5.69 Å². The summed E-state index contributed by atoms with van der Waals surface area (Å²) >= 11 is 0. The van der Waals surface area contributed by atoms with Gasteiger partial charge in [0.1, 0.15) is 0 Å². The van der Waals surface area contributed by atoms with E-state index in [0.717, 1.165) is 36.8 Å². The van der Waals surface area contributed by atoms with Gasteiger partial charge >= 0.3 is 0 Å². The van der Waals surface area contributed by atoms with E-state index in [1.54, 1.807) is 40.7 Å². The molecule has 0 spiro atoms. The highest BCUT2D eigenvalue weighted by atomic mass is 32.2. The summed E-state index contributed by atoms with van der Waals surface area (Å²) in [6, 6.07) is 13.6. The highest BCUT2D eigenvalue weighted by Gasteiger charge is 2.24. The molecule has 176 valence electrons. The molecule has 2 aromatic rings. The van der Waals surface area contributed by atoms with Crippen molar-refractivity contribution in [1.82, 2.24) is 9.62 Å². The third kappa shape index (κ3) is 7.00. The maximum Gasteiger partial charge on any atom is 0.244 e. The smallest absolute Gasteiger partial charge is 0.244 e. The summed E-state index contributed by atoms with van der Waals surface area (Å²) < 4.78 is 27.3. The molecule has 1 unspecified atom stereocenters. The van der Waals surface area contributed by atoms with Crippen molar-refractivity contribution >= 4 is 33.6 Å². The molecule has 7 nitrogen and oxygen atoms in total. The number of hydrogen-bond acceptors (Lipinski definition) is 4. The molecule has 2 aromatic carbocycles. The molecular formula is C25H31N3O4S. The van der Waals surface area contributed by atoms with Crippen LogP contribution in [-0.4, -0.2) is 37.6 Å². The first-order chi connectivity index (χ1) is 15.8. The summed E-state index contributed by atoms with van der Waals surface area (Å²) in [5.74, 6) is -0.425. The number of sulfonamides is 1. The molecule has 1 aliphatic heterocycles. The van der Waals surface area contributed by atoms with Crippen LogP contribution in [0.5, 0.6) is 0 Å². The van der Waals surface area contributed by atoms with E-state index in [0.29, 0.717) is 18.8 Å². The number of hydrogen-bond donors (Lipinski definition) is 2. The maximum atomic E-state index is 12.9. The van der Waals surface area contributed by atoms with Crippen molar-refractivity contribution in [3.8, 4) is 0 Å². The predicted octanol–water partition coefficient (Wildman–Crippen LogP) is 4.10. The summed E-state index contributed by atoms with van der Waals surface area (Å²) in [6.45, 7) is 4.44. The average Bonchev–Trinajstić information content (AvgIpc) is 3.08. The largest absolute Gasteiger partial charge is 0.346 e. The number of nitrogens with one attached hydrogen (secondary N) is 2. The van der Waals surface area contributed by atoms with Gasteiger partial charge in [0.2, 0.25) is 21.8 Å². The SMILES string of the molecule is CC(=O)Nc1cccc(C(C)NC(=O)/C=C/c2ccc(S(=O)(=O)N3CCCCCC3)cc2)c1. The molecule has 1 saturated heterocycles. The number of carbonyl (C=O) groups is 2. The molecule has 2 N–H and O–H groups in total. The topological polar surface area (TPSA) is 95.6 Å². The fraction of sp³-hybridized carbons (Fsp3) is 0.360. The first-order valence-electron chi connectivity index (χ1n) is 11.2. The first-order valence-corrected chi connectivity index (χ1v) is 12.7. The normalized spacial score (nSPS) is 16.2. The third-order valence-corrected chi connectivity index (χ3v) is 7.49. The molecule has 0 radical (unpaired) electrons. The summed E-state index contributed by atoms with van der Waals surface area (Å²) in [7, 11) is -3.49. The molecule has 8 heteroatoms. The van der Waals surface area contributed by atoms with E-state index in [4.69, 9.17) is 0 Å². The monoisotopic (exact) mass is 469 g/mol. The molecule has 0 aromatic heterocycles. The van der Waals surface area contributed by atoms with Crippen molar-refractivity contribution in [2.24, 2.45) is 0 Å².